The minimum atomic E-state index is 0.532. The van der Waals surface area contributed by atoms with Crippen LogP contribution in [-0.2, 0) is 6.61 Å². The van der Waals surface area contributed by atoms with Crippen LogP contribution < -0.4 is 10.1 Å². The second-order valence-electron chi connectivity index (χ2n) is 6.48. The highest BCUT2D eigenvalue weighted by Gasteiger charge is 2.10. The van der Waals surface area contributed by atoms with E-state index in [1.165, 1.54) is 6.42 Å². The van der Waals surface area contributed by atoms with Gasteiger partial charge >= 0.3 is 0 Å². The minimum Gasteiger partial charge on any atom is -0.485 e. The largest absolute Gasteiger partial charge is 0.485 e. The van der Waals surface area contributed by atoms with Crippen molar-refractivity contribution in [1.29, 1.82) is 0 Å². The van der Waals surface area contributed by atoms with Gasteiger partial charge in [-0.15, -0.1) is 0 Å². The van der Waals surface area contributed by atoms with E-state index in [0.717, 1.165) is 55.3 Å². The molecule has 2 aromatic rings. The highest BCUT2D eigenvalue weighted by atomic mass is 16.5. The van der Waals surface area contributed by atoms with E-state index in [0.29, 0.717) is 12.6 Å². The van der Waals surface area contributed by atoms with E-state index in [-0.39, 0.29) is 0 Å². The average molecular weight is 357 g/mol. The van der Waals surface area contributed by atoms with Crippen LogP contribution in [0.15, 0.2) is 30.3 Å². The van der Waals surface area contributed by atoms with Crippen molar-refractivity contribution >= 4 is 5.95 Å². The molecule has 0 unspecified atom stereocenters. The summed E-state index contributed by atoms with van der Waals surface area (Å²) in [6, 6.07) is 10.1. The molecule has 0 aliphatic carbocycles. The van der Waals surface area contributed by atoms with Crippen LogP contribution in [0.25, 0.3) is 0 Å². The van der Waals surface area contributed by atoms with Crippen LogP contribution in [0.3, 0.4) is 0 Å². The van der Waals surface area contributed by atoms with Crippen molar-refractivity contribution in [2.75, 3.05) is 31.5 Å². The van der Waals surface area contributed by atoms with Crippen molar-refractivity contribution in [3.05, 3.63) is 47.3 Å². The molecule has 0 saturated heterocycles. The molecule has 0 atom stereocenters. The van der Waals surface area contributed by atoms with Gasteiger partial charge in [0.2, 0.25) is 5.95 Å². The molecule has 142 valence electrons. The molecule has 0 bridgehead atoms. The summed E-state index contributed by atoms with van der Waals surface area (Å²) in [5, 5.41) is 3.34. The Morgan fingerprint density at radius 3 is 2.23 bits per heavy atom. The van der Waals surface area contributed by atoms with Crippen molar-refractivity contribution in [2.45, 2.75) is 47.1 Å². The van der Waals surface area contributed by atoms with Crippen LogP contribution in [0.4, 0.5) is 5.95 Å². The molecule has 26 heavy (non-hydrogen) atoms. The van der Waals surface area contributed by atoms with Gasteiger partial charge in [-0.1, -0.05) is 44.2 Å². The Hall–Kier alpha value is -2.14. The van der Waals surface area contributed by atoms with Crippen LogP contribution in [0.1, 0.15) is 43.6 Å². The smallest absolute Gasteiger partial charge is 0.223 e. The van der Waals surface area contributed by atoms with Crippen molar-refractivity contribution < 1.29 is 4.74 Å². The molecular weight excluding hydrogens is 324 g/mol. The predicted molar refractivity (Wildman–Crippen MR) is 108 cm³/mol. The molecule has 5 heteroatoms. The van der Waals surface area contributed by atoms with E-state index in [4.69, 9.17) is 4.74 Å². The Balaban J connectivity index is 1.82. The first kappa shape index (κ1) is 20.2. The summed E-state index contributed by atoms with van der Waals surface area (Å²) in [5.41, 5.74) is 2.89. The third-order valence-corrected chi connectivity index (χ3v) is 4.51. The molecule has 2 rings (SSSR count). The summed E-state index contributed by atoms with van der Waals surface area (Å²) >= 11 is 0. The molecule has 1 aromatic carbocycles. The number of ether oxygens (including phenoxy) is 1. The lowest BCUT2D eigenvalue weighted by molar-refractivity contribution is 0.298. The van der Waals surface area contributed by atoms with E-state index in [9.17, 15) is 0 Å². The van der Waals surface area contributed by atoms with Crippen LogP contribution in [0.5, 0.6) is 5.75 Å². The Labute approximate surface area is 157 Å². The molecule has 0 radical (unpaired) electrons. The molecule has 0 saturated carbocycles. The second-order valence-corrected chi connectivity index (χ2v) is 6.48. The molecule has 0 aliphatic rings. The summed E-state index contributed by atoms with van der Waals surface area (Å²) < 4.78 is 5.94. The number of unbranched alkanes of at least 4 members (excludes halogenated alkanes) is 1. The highest BCUT2D eigenvalue weighted by molar-refractivity contribution is 5.38. The fraction of sp³-hybridized carbons (Fsp3) is 0.524. The Kier molecular flexibility index (Phi) is 8.35. The maximum Gasteiger partial charge on any atom is 0.223 e. The predicted octanol–water partition coefficient (Wildman–Crippen LogP) is 4.21. The van der Waals surface area contributed by atoms with E-state index >= 15 is 0 Å². The number of anilines is 1. The summed E-state index contributed by atoms with van der Waals surface area (Å²) in [5.74, 6) is 1.47. The van der Waals surface area contributed by atoms with E-state index in [1.807, 2.05) is 32.0 Å². The van der Waals surface area contributed by atoms with Crippen molar-refractivity contribution in [2.24, 2.45) is 0 Å². The third-order valence-electron chi connectivity index (χ3n) is 4.51. The lowest BCUT2D eigenvalue weighted by Gasteiger charge is -2.17. The molecule has 1 heterocycles. The van der Waals surface area contributed by atoms with E-state index < -0.39 is 0 Å². The number of nitrogens with one attached hydrogen (secondary N) is 1. The molecule has 0 amide bonds. The molecule has 0 aliphatic heterocycles. The molecule has 0 spiro atoms. The zero-order chi connectivity index (χ0) is 18.8. The topological polar surface area (TPSA) is 50.3 Å². The maximum absolute atomic E-state index is 5.94. The van der Waals surface area contributed by atoms with Gasteiger partial charge in [0.1, 0.15) is 6.61 Å². The van der Waals surface area contributed by atoms with Crippen LogP contribution in [0.2, 0.25) is 0 Å². The van der Waals surface area contributed by atoms with Gasteiger partial charge in [-0.2, -0.15) is 0 Å². The van der Waals surface area contributed by atoms with Crippen molar-refractivity contribution in [1.82, 2.24) is 14.9 Å². The first-order chi connectivity index (χ1) is 12.6. The molecule has 1 N–H and O–H groups in total. The number of rotatable bonds is 11. The Morgan fingerprint density at radius 2 is 1.62 bits per heavy atom. The van der Waals surface area contributed by atoms with Crippen LogP contribution in [-0.4, -0.2) is 41.0 Å². The van der Waals surface area contributed by atoms with Crippen LogP contribution >= 0.6 is 0 Å². The number of aryl methyl sites for hydroxylation is 2. The molecular formula is C21H32N4O. The average Bonchev–Trinajstić information content (AvgIpc) is 2.65. The number of aromatic nitrogens is 2. The molecule has 1 aromatic heterocycles. The quantitative estimate of drug-likeness (QED) is 0.611. The Morgan fingerprint density at radius 1 is 0.962 bits per heavy atom. The van der Waals surface area contributed by atoms with Gasteiger partial charge in [-0.3, -0.25) is 0 Å². The monoisotopic (exact) mass is 356 g/mol. The maximum atomic E-state index is 5.94. The normalized spacial score (nSPS) is 11.0. The Bertz CT molecular complexity index is 633. The van der Waals surface area contributed by atoms with Gasteiger partial charge in [0.05, 0.1) is 11.4 Å². The van der Waals surface area contributed by atoms with Gasteiger partial charge in [0, 0.05) is 6.54 Å². The third kappa shape index (κ3) is 6.30. The second kappa shape index (κ2) is 10.8. The lowest BCUT2D eigenvalue weighted by Crippen LogP contribution is -2.24. The number of benzene rings is 1. The van der Waals surface area contributed by atoms with Gasteiger partial charge < -0.3 is 15.0 Å². The van der Waals surface area contributed by atoms with E-state index in [2.05, 4.69) is 46.2 Å². The lowest BCUT2D eigenvalue weighted by atomic mass is 10.2. The summed E-state index contributed by atoms with van der Waals surface area (Å²) in [6.07, 6.45) is 2.30. The van der Waals surface area contributed by atoms with Crippen molar-refractivity contribution in [3.63, 3.8) is 0 Å². The fourth-order valence-electron chi connectivity index (χ4n) is 2.92. The van der Waals surface area contributed by atoms with Gasteiger partial charge in [-0.05, 0) is 51.9 Å². The first-order valence-corrected chi connectivity index (χ1v) is 9.62. The summed E-state index contributed by atoms with van der Waals surface area (Å²) in [7, 11) is 0. The summed E-state index contributed by atoms with van der Waals surface area (Å²) in [6.45, 7) is 13.2. The number of nitrogens with zero attached hydrogens (tertiary/aromatic N) is 3. The molecule has 5 nitrogen and oxygen atoms in total. The van der Waals surface area contributed by atoms with Gasteiger partial charge in [-0.25, -0.2) is 9.97 Å². The minimum absolute atomic E-state index is 0.532. The summed E-state index contributed by atoms with van der Waals surface area (Å²) in [4.78, 5) is 11.6. The van der Waals surface area contributed by atoms with Gasteiger partial charge in [0.25, 0.3) is 0 Å². The number of hydrogen-bond donors (Lipinski definition) is 1. The SMILES string of the molecule is CCN(CC)CCCCNc1nc(C)c(OCc2ccccc2)c(C)n1. The first-order valence-electron chi connectivity index (χ1n) is 9.62. The van der Waals surface area contributed by atoms with E-state index in [1.54, 1.807) is 0 Å². The van der Waals surface area contributed by atoms with Gasteiger partial charge in [0.15, 0.2) is 5.75 Å². The zero-order valence-corrected chi connectivity index (χ0v) is 16.6. The molecule has 0 fully saturated rings. The zero-order valence-electron chi connectivity index (χ0n) is 16.6. The number of hydrogen-bond acceptors (Lipinski definition) is 5. The van der Waals surface area contributed by atoms with Crippen molar-refractivity contribution in [3.8, 4) is 5.75 Å². The fourth-order valence-corrected chi connectivity index (χ4v) is 2.92. The van der Waals surface area contributed by atoms with Crippen LogP contribution in [0, 0.1) is 13.8 Å². The standard InChI is InChI=1S/C21H32N4O/c1-5-25(6-2)15-11-10-14-22-21-23-17(3)20(18(4)24-21)26-16-19-12-8-7-9-13-19/h7-9,12-13H,5-6,10-11,14-16H2,1-4H3,(H,22,23,24). The highest BCUT2D eigenvalue weighted by Crippen LogP contribution is 2.22.